The fraction of sp³-hybridized carbons (Fsp3) is 0.867. The summed E-state index contributed by atoms with van der Waals surface area (Å²) in [5.41, 5.74) is 3.00. The van der Waals surface area contributed by atoms with Gasteiger partial charge in [-0.2, -0.15) is 0 Å². The Labute approximate surface area is 122 Å². The number of carbonyl (C=O) groups excluding carboxylic acids is 2. The van der Waals surface area contributed by atoms with Crippen LogP contribution in [0.2, 0.25) is 0 Å². The fourth-order valence-corrected chi connectivity index (χ4v) is 2.98. The van der Waals surface area contributed by atoms with Crippen molar-refractivity contribution in [3.05, 3.63) is 0 Å². The SMILES string of the molecule is CNN(CCN(C)C)C(=O)[C@H]1CCCC[C@H]1CC(C)=O. The monoisotopic (exact) mass is 283 g/mol. The van der Waals surface area contributed by atoms with Gasteiger partial charge >= 0.3 is 0 Å². The lowest BCUT2D eigenvalue weighted by molar-refractivity contribution is -0.142. The van der Waals surface area contributed by atoms with Crippen molar-refractivity contribution in [2.24, 2.45) is 11.8 Å². The van der Waals surface area contributed by atoms with Crippen molar-refractivity contribution in [3.63, 3.8) is 0 Å². The van der Waals surface area contributed by atoms with Crippen LogP contribution in [0, 0.1) is 11.8 Å². The van der Waals surface area contributed by atoms with Crippen molar-refractivity contribution in [2.45, 2.75) is 39.0 Å². The summed E-state index contributed by atoms with van der Waals surface area (Å²) in [4.78, 5) is 26.1. The first-order chi connectivity index (χ1) is 9.45. The van der Waals surface area contributed by atoms with Gasteiger partial charge in [-0.15, -0.1) is 0 Å². The topological polar surface area (TPSA) is 52.6 Å². The van der Waals surface area contributed by atoms with E-state index in [4.69, 9.17) is 0 Å². The third kappa shape index (κ3) is 5.21. The second-order valence-electron chi connectivity index (χ2n) is 6.07. The molecule has 1 aliphatic rings. The van der Waals surface area contributed by atoms with Gasteiger partial charge in [-0.1, -0.05) is 12.8 Å². The molecule has 0 aliphatic heterocycles. The standard InChI is InChI=1S/C15H29N3O2/c1-12(19)11-13-7-5-6-8-14(13)15(20)18(16-2)10-9-17(3)4/h13-14,16H,5-11H2,1-4H3/t13-,14-/m0/s1. The quantitative estimate of drug-likeness (QED) is 0.716. The molecular weight excluding hydrogens is 254 g/mol. The zero-order chi connectivity index (χ0) is 15.1. The van der Waals surface area contributed by atoms with Crippen LogP contribution >= 0.6 is 0 Å². The molecule has 0 aromatic heterocycles. The molecular formula is C15H29N3O2. The molecule has 116 valence electrons. The Balaban J connectivity index is 2.66. The van der Waals surface area contributed by atoms with Crippen LogP contribution in [0.25, 0.3) is 0 Å². The zero-order valence-corrected chi connectivity index (χ0v) is 13.3. The summed E-state index contributed by atoms with van der Waals surface area (Å²) >= 11 is 0. The maximum absolute atomic E-state index is 12.7. The number of nitrogens with one attached hydrogen (secondary N) is 1. The molecule has 1 saturated carbocycles. The molecule has 1 N–H and O–H groups in total. The Bertz CT molecular complexity index is 331. The van der Waals surface area contributed by atoms with E-state index >= 15 is 0 Å². The van der Waals surface area contributed by atoms with E-state index in [1.54, 1.807) is 19.0 Å². The highest BCUT2D eigenvalue weighted by Crippen LogP contribution is 2.33. The molecule has 0 unspecified atom stereocenters. The first kappa shape index (κ1) is 17.1. The van der Waals surface area contributed by atoms with Crippen LogP contribution in [0.5, 0.6) is 0 Å². The Morgan fingerprint density at radius 3 is 2.35 bits per heavy atom. The van der Waals surface area contributed by atoms with Crippen molar-refractivity contribution < 1.29 is 9.59 Å². The molecule has 1 fully saturated rings. The predicted octanol–water partition coefficient (Wildman–Crippen LogP) is 1.30. The van der Waals surface area contributed by atoms with Crippen LogP contribution in [-0.2, 0) is 9.59 Å². The highest BCUT2D eigenvalue weighted by Gasteiger charge is 2.34. The van der Waals surface area contributed by atoms with Crippen LogP contribution < -0.4 is 5.43 Å². The number of nitrogens with zero attached hydrogens (tertiary/aromatic N) is 2. The first-order valence-corrected chi connectivity index (χ1v) is 7.58. The molecule has 0 heterocycles. The minimum atomic E-state index is 0.00209. The van der Waals surface area contributed by atoms with Gasteiger partial charge in [0.15, 0.2) is 0 Å². The highest BCUT2D eigenvalue weighted by molar-refractivity contribution is 5.81. The van der Waals surface area contributed by atoms with Crippen LogP contribution in [0.1, 0.15) is 39.0 Å². The molecule has 0 bridgehead atoms. The Morgan fingerprint density at radius 1 is 1.15 bits per heavy atom. The second-order valence-corrected chi connectivity index (χ2v) is 6.07. The minimum Gasteiger partial charge on any atom is -0.308 e. The maximum atomic E-state index is 12.7. The number of amides is 1. The molecule has 1 amide bonds. The van der Waals surface area contributed by atoms with Gasteiger partial charge in [0, 0.05) is 32.5 Å². The largest absolute Gasteiger partial charge is 0.308 e. The molecule has 1 rings (SSSR count). The molecule has 0 aromatic carbocycles. The summed E-state index contributed by atoms with van der Waals surface area (Å²) < 4.78 is 0. The molecule has 5 nitrogen and oxygen atoms in total. The van der Waals surface area contributed by atoms with Crippen LogP contribution in [0.15, 0.2) is 0 Å². The van der Waals surface area contributed by atoms with E-state index < -0.39 is 0 Å². The third-order valence-corrected chi connectivity index (χ3v) is 4.08. The van der Waals surface area contributed by atoms with Gasteiger partial charge in [0.05, 0.1) is 0 Å². The lowest BCUT2D eigenvalue weighted by atomic mass is 9.76. The summed E-state index contributed by atoms with van der Waals surface area (Å²) in [6.07, 6.45) is 4.69. The third-order valence-electron chi connectivity index (χ3n) is 4.08. The summed E-state index contributed by atoms with van der Waals surface area (Å²) in [5.74, 6) is 0.575. The number of ketones is 1. The summed E-state index contributed by atoms with van der Waals surface area (Å²) in [6, 6.07) is 0. The van der Waals surface area contributed by atoms with E-state index in [1.165, 1.54) is 0 Å². The summed E-state index contributed by atoms with van der Waals surface area (Å²) in [6.45, 7) is 3.13. The van der Waals surface area contributed by atoms with E-state index in [-0.39, 0.29) is 23.5 Å². The predicted molar refractivity (Wildman–Crippen MR) is 80.1 cm³/mol. The number of carbonyl (C=O) groups is 2. The van der Waals surface area contributed by atoms with Gasteiger partial charge in [0.1, 0.15) is 5.78 Å². The van der Waals surface area contributed by atoms with Crippen molar-refractivity contribution in [1.29, 1.82) is 0 Å². The van der Waals surface area contributed by atoms with Gasteiger partial charge in [-0.3, -0.25) is 9.80 Å². The highest BCUT2D eigenvalue weighted by atomic mass is 16.2. The Hall–Kier alpha value is -0.940. The first-order valence-electron chi connectivity index (χ1n) is 7.58. The van der Waals surface area contributed by atoms with Crippen LogP contribution in [0.4, 0.5) is 0 Å². The molecule has 20 heavy (non-hydrogen) atoms. The van der Waals surface area contributed by atoms with Gasteiger partial charge in [0.2, 0.25) is 5.91 Å². The van der Waals surface area contributed by atoms with Crippen molar-refractivity contribution >= 4 is 11.7 Å². The number of hydrazine groups is 1. The van der Waals surface area contributed by atoms with E-state index in [0.29, 0.717) is 13.0 Å². The van der Waals surface area contributed by atoms with E-state index in [2.05, 4.69) is 10.3 Å². The van der Waals surface area contributed by atoms with Crippen LogP contribution in [-0.4, -0.2) is 55.8 Å². The normalized spacial score (nSPS) is 22.9. The lowest BCUT2D eigenvalue weighted by Gasteiger charge is -2.34. The zero-order valence-electron chi connectivity index (χ0n) is 13.3. The van der Waals surface area contributed by atoms with Crippen molar-refractivity contribution in [1.82, 2.24) is 15.3 Å². The lowest BCUT2D eigenvalue weighted by Crippen LogP contribution is -2.49. The molecule has 2 atom stereocenters. The maximum Gasteiger partial charge on any atom is 0.240 e. The van der Waals surface area contributed by atoms with Gasteiger partial charge in [0.25, 0.3) is 0 Å². The Kier molecular flexibility index (Phi) is 7.16. The average molecular weight is 283 g/mol. The molecule has 5 heteroatoms. The summed E-state index contributed by atoms with van der Waals surface area (Å²) in [7, 11) is 5.78. The number of hydrogen-bond acceptors (Lipinski definition) is 4. The van der Waals surface area contributed by atoms with Gasteiger partial charge in [-0.25, -0.2) is 5.43 Å². The number of likely N-dealkylation sites (N-methyl/N-ethyl adjacent to an activating group) is 1. The molecule has 1 aliphatic carbocycles. The number of Topliss-reactive ketones (excluding diaryl/α,β-unsaturated/α-hetero) is 1. The number of rotatable bonds is 7. The Morgan fingerprint density at radius 2 is 1.80 bits per heavy atom. The minimum absolute atomic E-state index is 0.00209. The van der Waals surface area contributed by atoms with Gasteiger partial charge in [-0.05, 0) is 39.8 Å². The average Bonchev–Trinajstić information content (AvgIpc) is 2.38. The molecule has 0 radical (unpaired) electrons. The number of hydrogen-bond donors (Lipinski definition) is 1. The molecule has 0 saturated heterocycles. The summed E-state index contributed by atoms with van der Waals surface area (Å²) in [5, 5.41) is 1.71. The van der Waals surface area contributed by atoms with Crippen molar-refractivity contribution in [2.75, 3.05) is 34.2 Å². The van der Waals surface area contributed by atoms with Crippen molar-refractivity contribution in [3.8, 4) is 0 Å². The molecule has 0 spiro atoms. The van der Waals surface area contributed by atoms with Crippen LogP contribution in [0.3, 0.4) is 0 Å². The second kappa shape index (κ2) is 8.37. The van der Waals surface area contributed by atoms with Gasteiger partial charge < -0.3 is 9.69 Å². The smallest absolute Gasteiger partial charge is 0.240 e. The van der Waals surface area contributed by atoms with E-state index in [9.17, 15) is 9.59 Å². The van der Waals surface area contributed by atoms with E-state index in [0.717, 1.165) is 32.2 Å². The fourth-order valence-electron chi connectivity index (χ4n) is 2.98. The molecule has 0 aromatic rings. The van der Waals surface area contributed by atoms with E-state index in [1.807, 2.05) is 14.1 Å².